The zero-order valence-corrected chi connectivity index (χ0v) is 11.8. The van der Waals surface area contributed by atoms with Crippen LogP contribution in [0.1, 0.15) is 5.56 Å². The molecule has 0 atom stereocenters. The normalized spacial score (nSPS) is 11.0. The number of hydrogen-bond donors (Lipinski definition) is 0. The number of nitrogens with zero attached hydrogens (tertiary/aromatic N) is 2. The molecule has 1 heterocycles. The number of hydrogen-bond acceptors (Lipinski definition) is 1. The minimum Gasteiger partial charge on any atom is -0.233 e. The summed E-state index contributed by atoms with van der Waals surface area (Å²) >= 11 is 9.49. The average Bonchev–Trinajstić information content (AvgIpc) is 2.82. The smallest absolute Gasteiger partial charge is 0.0741 e. The first-order valence-electron chi connectivity index (χ1n) is 5.57. The SMILES string of the molecule is ClCc1ccc(Br)cc1-n1ncc2ccccc21. The van der Waals surface area contributed by atoms with Gasteiger partial charge in [-0.25, -0.2) is 4.68 Å². The molecule has 3 aromatic rings. The van der Waals surface area contributed by atoms with Crippen molar-refractivity contribution >= 4 is 38.4 Å². The van der Waals surface area contributed by atoms with Crippen molar-refractivity contribution < 1.29 is 0 Å². The number of benzene rings is 2. The van der Waals surface area contributed by atoms with Gasteiger partial charge < -0.3 is 0 Å². The van der Waals surface area contributed by atoms with Crippen LogP contribution in [0.2, 0.25) is 0 Å². The third kappa shape index (κ3) is 1.93. The van der Waals surface area contributed by atoms with Crippen molar-refractivity contribution in [1.82, 2.24) is 9.78 Å². The average molecular weight is 322 g/mol. The van der Waals surface area contributed by atoms with Crippen LogP contribution in [0.25, 0.3) is 16.6 Å². The fourth-order valence-electron chi connectivity index (χ4n) is 2.01. The summed E-state index contributed by atoms with van der Waals surface area (Å²) in [5.41, 5.74) is 3.16. The summed E-state index contributed by atoms with van der Waals surface area (Å²) in [6, 6.07) is 14.2. The van der Waals surface area contributed by atoms with E-state index in [0.717, 1.165) is 26.6 Å². The third-order valence-corrected chi connectivity index (χ3v) is 3.68. The molecule has 0 spiro atoms. The lowest BCUT2D eigenvalue weighted by molar-refractivity contribution is 0.899. The van der Waals surface area contributed by atoms with E-state index < -0.39 is 0 Å². The predicted molar refractivity (Wildman–Crippen MR) is 78.3 cm³/mol. The van der Waals surface area contributed by atoms with Crippen LogP contribution < -0.4 is 0 Å². The van der Waals surface area contributed by atoms with E-state index in [0.29, 0.717) is 5.88 Å². The third-order valence-electron chi connectivity index (χ3n) is 2.90. The van der Waals surface area contributed by atoms with Gasteiger partial charge in [0.15, 0.2) is 0 Å². The Morgan fingerprint density at radius 2 is 2.00 bits per heavy atom. The molecule has 0 bridgehead atoms. The van der Waals surface area contributed by atoms with Gasteiger partial charge in [0.1, 0.15) is 0 Å². The molecule has 3 rings (SSSR count). The molecule has 2 nitrogen and oxygen atoms in total. The number of rotatable bonds is 2. The van der Waals surface area contributed by atoms with Gasteiger partial charge in [-0.15, -0.1) is 11.6 Å². The van der Waals surface area contributed by atoms with Gasteiger partial charge in [-0.05, 0) is 23.8 Å². The number of alkyl halides is 1. The monoisotopic (exact) mass is 320 g/mol. The highest BCUT2D eigenvalue weighted by molar-refractivity contribution is 9.10. The van der Waals surface area contributed by atoms with E-state index in [4.69, 9.17) is 11.6 Å². The molecular weight excluding hydrogens is 312 g/mol. The maximum Gasteiger partial charge on any atom is 0.0741 e. The molecule has 4 heteroatoms. The van der Waals surface area contributed by atoms with Crippen LogP contribution in [0, 0.1) is 0 Å². The maximum absolute atomic E-state index is 6.00. The van der Waals surface area contributed by atoms with E-state index in [1.54, 1.807) is 0 Å². The van der Waals surface area contributed by atoms with Crippen molar-refractivity contribution in [2.75, 3.05) is 0 Å². The molecule has 0 N–H and O–H groups in total. The summed E-state index contributed by atoms with van der Waals surface area (Å²) in [5, 5.41) is 5.58. The van der Waals surface area contributed by atoms with E-state index in [1.807, 2.05) is 41.2 Å². The summed E-state index contributed by atoms with van der Waals surface area (Å²) in [5.74, 6) is 0.469. The highest BCUT2D eigenvalue weighted by atomic mass is 79.9. The molecule has 0 aliphatic rings. The molecule has 0 aliphatic carbocycles. The highest BCUT2D eigenvalue weighted by Crippen LogP contribution is 2.25. The molecule has 2 aromatic carbocycles. The van der Waals surface area contributed by atoms with E-state index in [9.17, 15) is 0 Å². The van der Waals surface area contributed by atoms with Crippen molar-refractivity contribution in [3.63, 3.8) is 0 Å². The Kier molecular flexibility index (Phi) is 3.10. The van der Waals surface area contributed by atoms with Gasteiger partial charge in [-0.2, -0.15) is 5.10 Å². The van der Waals surface area contributed by atoms with Gasteiger partial charge >= 0.3 is 0 Å². The van der Waals surface area contributed by atoms with Crippen molar-refractivity contribution in [2.24, 2.45) is 0 Å². The molecule has 1 aromatic heterocycles. The van der Waals surface area contributed by atoms with Crippen LogP contribution in [0.15, 0.2) is 53.1 Å². The number of fused-ring (bicyclic) bond motifs is 1. The summed E-state index contributed by atoms with van der Waals surface area (Å²) < 4.78 is 2.95. The first-order chi connectivity index (χ1) is 8.79. The van der Waals surface area contributed by atoms with Gasteiger partial charge in [-0.1, -0.05) is 40.2 Å². The molecule has 18 heavy (non-hydrogen) atoms. The van der Waals surface area contributed by atoms with Gasteiger partial charge in [0, 0.05) is 15.7 Å². The van der Waals surface area contributed by atoms with E-state index >= 15 is 0 Å². The fraction of sp³-hybridized carbons (Fsp3) is 0.0714. The molecule has 0 saturated heterocycles. The number of para-hydroxylation sites is 1. The van der Waals surface area contributed by atoms with Gasteiger partial charge in [-0.3, -0.25) is 0 Å². The quantitative estimate of drug-likeness (QED) is 0.634. The predicted octanol–water partition coefficient (Wildman–Crippen LogP) is 4.53. The zero-order valence-electron chi connectivity index (χ0n) is 9.48. The summed E-state index contributed by atoms with van der Waals surface area (Å²) in [7, 11) is 0. The maximum atomic E-state index is 6.00. The topological polar surface area (TPSA) is 17.8 Å². The van der Waals surface area contributed by atoms with Crippen LogP contribution in [0.4, 0.5) is 0 Å². The van der Waals surface area contributed by atoms with E-state index in [2.05, 4.69) is 33.2 Å². The molecule has 0 amide bonds. The van der Waals surface area contributed by atoms with Crippen molar-refractivity contribution in [3.05, 3.63) is 58.7 Å². The standard InChI is InChI=1S/C14H10BrClN2/c15-12-6-5-10(8-16)14(7-12)18-13-4-2-1-3-11(13)9-17-18/h1-7,9H,8H2. The second-order valence-electron chi connectivity index (χ2n) is 4.02. The van der Waals surface area contributed by atoms with E-state index in [1.165, 1.54) is 0 Å². The number of halogens is 2. The van der Waals surface area contributed by atoms with Crippen LogP contribution in [-0.2, 0) is 5.88 Å². The molecule has 0 radical (unpaired) electrons. The molecule has 0 saturated carbocycles. The van der Waals surface area contributed by atoms with E-state index in [-0.39, 0.29) is 0 Å². The lowest BCUT2D eigenvalue weighted by Crippen LogP contribution is -2.00. The first kappa shape index (κ1) is 11.8. The molecule has 0 aliphatic heterocycles. The first-order valence-corrected chi connectivity index (χ1v) is 6.90. The van der Waals surface area contributed by atoms with Crippen LogP contribution >= 0.6 is 27.5 Å². The summed E-state index contributed by atoms with van der Waals surface area (Å²) in [6.07, 6.45) is 1.87. The Bertz CT molecular complexity index is 706. The summed E-state index contributed by atoms with van der Waals surface area (Å²) in [4.78, 5) is 0. The summed E-state index contributed by atoms with van der Waals surface area (Å²) in [6.45, 7) is 0. The minimum absolute atomic E-state index is 0.469. The lowest BCUT2D eigenvalue weighted by atomic mass is 10.2. The van der Waals surface area contributed by atoms with Crippen LogP contribution in [0.5, 0.6) is 0 Å². The molecular formula is C14H10BrClN2. The Morgan fingerprint density at radius 3 is 2.83 bits per heavy atom. The van der Waals surface area contributed by atoms with Gasteiger partial charge in [0.05, 0.1) is 17.4 Å². The van der Waals surface area contributed by atoms with Gasteiger partial charge in [0.2, 0.25) is 0 Å². The lowest BCUT2D eigenvalue weighted by Gasteiger charge is -2.09. The Morgan fingerprint density at radius 1 is 1.17 bits per heavy atom. The second-order valence-corrected chi connectivity index (χ2v) is 5.20. The van der Waals surface area contributed by atoms with Crippen molar-refractivity contribution in [1.29, 1.82) is 0 Å². The Balaban J connectivity index is 2.29. The van der Waals surface area contributed by atoms with Crippen LogP contribution in [0.3, 0.4) is 0 Å². The molecule has 0 unspecified atom stereocenters. The van der Waals surface area contributed by atoms with Crippen molar-refractivity contribution in [2.45, 2.75) is 5.88 Å². The highest BCUT2D eigenvalue weighted by Gasteiger charge is 2.09. The molecule has 90 valence electrons. The minimum atomic E-state index is 0.469. The number of aromatic nitrogens is 2. The van der Waals surface area contributed by atoms with Gasteiger partial charge in [0.25, 0.3) is 0 Å². The Hall–Kier alpha value is -1.32. The fourth-order valence-corrected chi connectivity index (χ4v) is 2.59. The zero-order chi connectivity index (χ0) is 12.5. The Labute approximate surface area is 118 Å². The largest absolute Gasteiger partial charge is 0.233 e. The van der Waals surface area contributed by atoms with Crippen molar-refractivity contribution in [3.8, 4) is 5.69 Å². The molecule has 0 fully saturated rings. The second kappa shape index (κ2) is 4.75. The van der Waals surface area contributed by atoms with Crippen LogP contribution in [-0.4, -0.2) is 9.78 Å².